The van der Waals surface area contributed by atoms with Gasteiger partial charge in [-0.15, -0.1) is 0 Å². The van der Waals surface area contributed by atoms with Crippen LogP contribution in [-0.4, -0.2) is 32.9 Å². The molecule has 0 aliphatic heterocycles. The predicted molar refractivity (Wildman–Crippen MR) is 89.0 cm³/mol. The standard InChI is InChI=1S/C17H20ClN3O2/c1-11-9-16(17(23)19-13-5-7-15(22)8-6-13)20-21(11)14-4-2-3-12(18)10-14/h2-4,9-10,13,15,22H,5-8H2,1H3,(H,19,23). The fraction of sp³-hybridized carbons (Fsp3) is 0.412. The minimum absolute atomic E-state index is 0.113. The highest BCUT2D eigenvalue weighted by atomic mass is 35.5. The Bertz CT molecular complexity index is 706. The van der Waals surface area contributed by atoms with E-state index in [1.54, 1.807) is 16.8 Å². The van der Waals surface area contributed by atoms with Crippen molar-refractivity contribution in [3.63, 3.8) is 0 Å². The van der Waals surface area contributed by atoms with Gasteiger partial charge >= 0.3 is 0 Å². The van der Waals surface area contributed by atoms with E-state index in [0.717, 1.165) is 37.1 Å². The number of hydrogen-bond acceptors (Lipinski definition) is 3. The number of nitrogens with one attached hydrogen (secondary N) is 1. The Labute approximate surface area is 140 Å². The Morgan fingerprint density at radius 2 is 2.04 bits per heavy atom. The van der Waals surface area contributed by atoms with Crippen LogP contribution in [0.5, 0.6) is 0 Å². The number of amides is 1. The van der Waals surface area contributed by atoms with Gasteiger partial charge in [-0.25, -0.2) is 4.68 Å². The summed E-state index contributed by atoms with van der Waals surface area (Å²) in [7, 11) is 0. The van der Waals surface area contributed by atoms with Crippen LogP contribution in [0.4, 0.5) is 0 Å². The van der Waals surface area contributed by atoms with Gasteiger partial charge in [-0.05, 0) is 56.9 Å². The summed E-state index contributed by atoms with van der Waals surface area (Å²) in [6, 6.07) is 9.25. The molecule has 5 nitrogen and oxygen atoms in total. The van der Waals surface area contributed by atoms with Gasteiger partial charge in [0.15, 0.2) is 5.69 Å². The molecule has 0 radical (unpaired) electrons. The van der Waals surface area contributed by atoms with Crippen molar-refractivity contribution in [3.05, 3.63) is 46.7 Å². The zero-order valence-corrected chi connectivity index (χ0v) is 13.8. The first kappa shape index (κ1) is 16.0. The Morgan fingerprint density at radius 3 is 2.74 bits per heavy atom. The minimum Gasteiger partial charge on any atom is -0.393 e. The highest BCUT2D eigenvalue weighted by Gasteiger charge is 2.22. The van der Waals surface area contributed by atoms with E-state index in [0.29, 0.717) is 10.7 Å². The van der Waals surface area contributed by atoms with Crippen LogP contribution in [0, 0.1) is 6.92 Å². The maximum atomic E-state index is 12.4. The highest BCUT2D eigenvalue weighted by molar-refractivity contribution is 6.30. The lowest BCUT2D eigenvalue weighted by atomic mass is 9.93. The molecule has 1 saturated carbocycles. The van der Waals surface area contributed by atoms with Crippen LogP contribution >= 0.6 is 11.6 Å². The normalized spacial score (nSPS) is 21.2. The van der Waals surface area contributed by atoms with Crippen LogP contribution in [0.25, 0.3) is 5.69 Å². The summed E-state index contributed by atoms with van der Waals surface area (Å²) in [6.07, 6.45) is 2.86. The number of aryl methyl sites for hydroxylation is 1. The first-order chi connectivity index (χ1) is 11.0. The molecule has 23 heavy (non-hydrogen) atoms. The summed E-state index contributed by atoms with van der Waals surface area (Å²) in [5, 5.41) is 17.6. The second-order valence-electron chi connectivity index (χ2n) is 6.04. The number of carbonyl (C=O) groups is 1. The number of halogens is 1. The van der Waals surface area contributed by atoms with E-state index in [9.17, 15) is 9.90 Å². The van der Waals surface area contributed by atoms with Crippen molar-refractivity contribution in [2.24, 2.45) is 0 Å². The molecule has 1 aliphatic carbocycles. The zero-order chi connectivity index (χ0) is 16.4. The third-order valence-corrected chi connectivity index (χ3v) is 4.44. The number of hydrogen-bond donors (Lipinski definition) is 2. The fourth-order valence-corrected chi connectivity index (χ4v) is 3.12. The molecule has 0 unspecified atom stereocenters. The van der Waals surface area contributed by atoms with Gasteiger partial charge in [0.1, 0.15) is 0 Å². The molecule has 0 spiro atoms. The molecule has 2 aromatic rings. The molecular weight excluding hydrogens is 314 g/mol. The topological polar surface area (TPSA) is 67.2 Å². The van der Waals surface area contributed by atoms with Crippen LogP contribution in [0.1, 0.15) is 41.9 Å². The second-order valence-corrected chi connectivity index (χ2v) is 6.48. The summed E-state index contributed by atoms with van der Waals surface area (Å²) in [4.78, 5) is 12.4. The van der Waals surface area contributed by atoms with Gasteiger partial charge in [0.05, 0.1) is 11.8 Å². The van der Waals surface area contributed by atoms with Crippen molar-refractivity contribution in [2.75, 3.05) is 0 Å². The molecule has 1 fully saturated rings. The predicted octanol–water partition coefficient (Wildman–Crippen LogP) is 2.87. The molecule has 1 aromatic heterocycles. The van der Waals surface area contributed by atoms with Crippen molar-refractivity contribution in [1.29, 1.82) is 0 Å². The third kappa shape index (κ3) is 3.74. The molecule has 1 heterocycles. The smallest absolute Gasteiger partial charge is 0.272 e. The maximum Gasteiger partial charge on any atom is 0.272 e. The zero-order valence-electron chi connectivity index (χ0n) is 13.0. The molecule has 2 N–H and O–H groups in total. The van der Waals surface area contributed by atoms with Crippen LogP contribution in [0.2, 0.25) is 5.02 Å². The molecule has 122 valence electrons. The van der Waals surface area contributed by atoms with E-state index < -0.39 is 0 Å². The second kappa shape index (κ2) is 6.72. The van der Waals surface area contributed by atoms with E-state index in [1.165, 1.54) is 0 Å². The van der Waals surface area contributed by atoms with Crippen molar-refractivity contribution in [3.8, 4) is 5.69 Å². The molecule has 0 atom stereocenters. The number of aromatic nitrogens is 2. The van der Waals surface area contributed by atoms with Gasteiger partial charge in [-0.2, -0.15) is 5.10 Å². The van der Waals surface area contributed by atoms with Crippen molar-refractivity contribution in [2.45, 2.75) is 44.8 Å². The van der Waals surface area contributed by atoms with E-state index in [4.69, 9.17) is 11.6 Å². The Kier molecular flexibility index (Phi) is 4.68. The van der Waals surface area contributed by atoms with E-state index in [1.807, 2.05) is 25.1 Å². The molecule has 0 saturated heterocycles. The lowest BCUT2D eigenvalue weighted by Crippen LogP contribution is -2.38. The van der Waals surface area contributed by atoms with Crippen molar-refractivity contribution < 1.29 is 9.90 Å². The molecule has 3 rings (SSSR count). The van der Waals surface area contributed by atoms with Gasteiger partial charge in [0.25, 0.3) is 5.91 Å². The summed E-state index contributed by atoms with van der Waals surface area (Å²) in [5.74, 6) is -0.171. The van der Waals surface area contributed by atoms with Crippen molar-refractivity contribution in [1.82, 2.24) is 15.1 Å². The Hall–Kier alpha value is -1.85. The number of aliphatic hydroxyl groups excluding tert-OH is 1. The molecule has 6 heteroatoms. The first-order valence-electron chi connectivity index (χ1n) is 7.84. The Balaban J connectivity index is 1.74. The van der Waals surface area contributed by atoms with Crippen LogP contribution in [0.3, 0.4) is 0 Å². The van der Waals surface area contributed by atoms with Gasteiger partial charge in [0, 0.05) is 16.8 Å². The van der Waals surface area contributed by atoms with Crippen LogP contribution < -0.4 is 5.32 Å². The largest absolute Gasteiger partial charge is 0.393 e. The number of nitrogens with zero attached hydrogens (tertiary/aromatic N) is 2. The Morgan fingerprint density at radius 1 is 1.30 bits per heavy atom. The third-order valence-electron chi connectivity index (χ3n) is 4.20. The quantitative estimate of drug-likeness (QED) is 0.907. The van der Waals surface area contributed by atoms with Gasteiger partial charge in [-0.1, -0.05) is 17.7 Å². The van der Waals surface area contributed by atoms with Crippen LogP contribution in [0.15, 0.2) is 30.3 Å². The maximum absolute atomic E-state index is 12.4. The van der Waals surface area contributed by atoms with Gasteiger partial charge < -0.3 is 10.4 Å². The number of aliphatic hydroxyl groups is 1. The fourth-order valence-electron chi connectivity index (χ4n) is 2.93. The van der Waals surface area contributed by atoms with Gasteiger partial charge in [-0.3, -0.25) is 4.79 Å². The van der Waals surface area contributed by atoms with E-state index >= 15 is 0 Å². The lowest BCUT2D eigenvalue weighted by Gasteiger charge is -2.25. The average molecular weight is 334 g/mol. The van der Waals surface area contributed by atoms with Gasteiger partial charge in [0.2, 0.25) is 0 Å². The summed E-state index contributed by atoms with van der Waals surface area (Å²) >= 11 is 6.02. The highest BCUT2D eigenvalue weighted by Crippen LogP contribution is 2.20. The number of benzene rings is 1. The molecule has 1 aliphatic rings. The first-order valence-corrected chi connectivity index (χ1v) is 8.22. The molecule has 1 amide bonds. The number of rotatable bonds is 3. The molecular formula is C17H20ClN3O2. The summed E-state index contributed by atoms with van der Waals surface area (Å²) < 4.78 is 1.71. The SMILES string of the molecule is Cc1cc(C(=O)NC2CCC(O)CC2)nn1-c1cccc(Cl)c1. The molecule has 0 bridgehead atoms. The van der Waals surface area contributed by atoms with Crippen molar-refractivity contribution >= 4 is 17.5 Å². The number of carbonyl (C=O) groups excluding carboxylic acids is 1. The molecule has 1 aromatic carbocycles. The minimum atomic E-state index is -0.229. The van der Waals surface area contributed by atoms with Crippen LogP contribution in [-0.2, 0) is 0 Å². The summed E-state index contributed by atoms with van der Waals surface area (Å²) in [6.45, 7) is 1.90. The monoisotopic (exact) mass is 333 g/mol. The average Bonchev–Trinajstić information content (AvgIpc) is 2.92. The van der Waals surface area contributed by atoms with E-state index in [2.05, 4.69) is 10.4 Å². The lowest BCUT2D eigenvalue weighted by molar-refractivity contribution is 0.0863. The van der Waals surface area contributed by atoms with E-state index in [-0.39, 0.29) is 18.1 Å². The summed E-state index contributed by atoms with van der Waals surface area (Å²) in [5.41, 5.74) is 2.10.